The molecule has 0 aromatic heterocycles. The van der Waals surface area contributed by atoms with E-state index in [1.165, 1.54) is 18.4 Å². The maximum atomic E-state index is 9.01. The minimum absolute atomic E-state index is 0.0977. The summed E-state index contributed by atoms with van der Waals surface area (Å²) in [7, 11) is 0. The van der Waals surface area contributed by atoms with Gasteiger partial charge in [-0.05, 0) is 29.9 Å². The maximum Gasteiger partial charge on any atom is 0.0681 e. The van der Waals surface area contributed by atoms with E-state index in [-0.39, 0.29) is 6.61 Å². The van der Waals surface area contributed by atoms with Gasteiger partial charge >= 0.3 is 0 Å². The standard InChI is InChI=1S/C15H20N2O/c16-8-1-9-17(10-13-2-3-13)11-14-4-6-15(12-18)7-5-14/h4-7,13,18H,1-3,9-12H2. The summed E-state index contributed by atoms with van der Waals surface area (Å²) in [6.45, 7) is 2.97. The number of hydrogen-bond acceptors (Lipinski definition) is 3. The number of aliphatic hydroxyl groups is 1. The molecule has 2 rings (SSSR count). The largest absolute Gasteiger partial charge is 0.392 e. The Hall–Kier alpha value is -1.37. The third-order valence-corrected chi connectivity index (χ3v) is 3.36. The first kappa shape index (κ1) is 13.1. The number of nitrogens with zero attached hydrogens (tertiary/aromatic N) is 2. The van der Waals surface area contributed by atoms with Gasteiger partial charge in [0.15, 0.2) is 0 Å². The fourth-order valence-corrected chi connectivity index (χ4v) is 2.12. The summed E-state index contributed by atoms with van der Waals surface area (Å²) in [6, 6.07) is 10.3. The Morgan fingerprint density at radius 2 is 1.89 bits per heavy atom. The molecular weight excluding hydrogens is 224 g/mol. The zero-order valence-electron chi connectivity index (χ0n) is 10.7. The van der Waals surface area contributed by atoms with E-state index in [1.807, 2.05) is 12.1 Å². The van der Waals surface area contributed by atoms with Gasteiger partial charge in [0, 0.05) is 26.1 Å². The SMILES string of the molecule is N#CCCN(Cc1ccc(CO)cc1)CC1CC1. The summed E-state index contributed by atoms with van der Waals surface area (Å²) in [5.41, 5.74) is 2.20. The quantitative estimate of drug-likeness (QED) is 0.800. The molecule has 0 unspecified atom stereocenters. The Labute approximate surface area is 109 Å². The Balaban J connectivity index is 1.90. The number of benzene rings is 1. The second-order valence-electron chi connectivity index (χ2n) is 5.06. The van der Waals surface area contributed by atoms with Crippen molar-refractivity contribution in [3.8, 4) is 6.07 Å². The van der Waals surface area contributed by atoms with E-state index in [4.69, 9.17) is 10.4 Å². The molecule has 1 aromatic carbocycles. The highest BCUT2D eigenvalue weighted by Crippen LogP contribution is 2.30. The number of nitriles is 1. The minimum atomic E-state index is 0.0977. The van der Waals surface area contributed by atoms with Crippen molar-refractivity contribution in [1.82, 2.24) is 4.90 Å². The molecule has 1 fully saturated rings. The van der Waals surface area contributed by atoms with Crippen molar-refractivity contribution >= 4 is 0 Å². The Bertz CT molecular complexity index is 403. The summed E-state index contributed by atoms with van der Waals surface area (Å²) in [5, 5.41) is 17.7. The lowest BCUT2D eigenvalue weighted by atomic mass is 10.1. The van der Waals surface area contributed by atoms with Crippen LogP contribution in [0.2, 0.25) is 0 Å². The van der Waals surface area contributed by atoms with Crippen LogP contribution in [0, 0.1) is 17.2 Å². The van der Waals surface area contributed by atoms with Crippen LogP contribution in [-0.4, -0.2) is 23.1 Å². The van der Waals surface area contributed by atoms with Gasteiger partial charge in [0.2, 0.25) is 0 Å². The molecule has 0 heterocycles. The van der Waals surface area contributed by atoms with E-state index in [9.17, 15) is 0 Å². The predicted octanol–water partition coefficient (Wildman–Crippen LogP) is 2.30. The van der Waals surface area contributed by atoms with E-state index in [1.54, 1.807) is 0 Å². The first-order valence-electron chi connectivity index (χ1n) is 6.60. The second kappa shape index (κ2) is 6.53. The molecule has 1 aliphatic carbocycles. The molecule has 3 heteroatoms. The molecule has 0 saturated heterocycles. The molecule has 0 amide bonds. The molecule has 0 aliphatic heterocycles. The van der Waals surface area contributed by atoms with Gasteiger partial charge < -0.3 is 5.11 Å². The normalized spacial score (nSPS) is 14.7. The van der Waals surface area contributed by atoms with Gasteiger partial charge in [-0.1, -0.05) is 24.3 Å². The van der Waals surface area contributed by atoms with Crippen LogP contribution in [0.4, 0.5) is 0 Å². The van der Waals surface area contributed by atoms with Gasteiger partial charge in [-0.3, -0.25) is 4.90 Å². The van der Waals surface area contributed by atoms with Crippen molar-refractivity contribution in [3.63, 3.8) is 0 Å². The molecule has 1 N–H and O–H groups in total. The average molecular weight is 244 g/mol. The van der Waals surface area contributed by atoms with Crippen LogP contribution in [0.25, 0.3) is 0 Å². The van der Waals surface area contributed by atoms with Crippen LogP contribution in [0.3, 0.4) is 0 Å². The highest BCUT2D eigenvalue weighted by molar-refractivity contribution is 5.21. The Morgan fingerprint density at radius 3 is 2.44 bits per heavy atom. The van der Waals surface area contributed by atoms with Crippen LogP contribution < -0.4 is 0 Å². The fraction of sp³-hybridized carbons (Fsp3) is 0.533. The maximum absolute atomic E-state index is 9.01. The zero-order chi connectivity index (χ0) is 12.8. The molecule has 1 saturated carbocycles. The lowest BCUT2D eigenvalue weighted by Crippen LogP contribution is -2.26. The third kappa shape index (κ3) is 4.14. The fourth-order valence-electron chi connectivity index (χ4n) is 2.12. The first-order chi connectivity index (χ1) is 8.81. The molecule has 0 radical (unpaired) electrons. The first-order valence-corrected chi connectivity index (χ1v) is 6.60. The van der Waals surface area contributed by atoms with Crippen molar-refractivity contribution in [2.75, 3.05) is 13.1 Å². The second-order valence-corrected chi connectivity index (χ2v) is 5.06. The predicted molar refractivity (Wildman–Crippen MR) is 70.6 cm³/mol. The molecule has 0 bridgehead atoms. The van der Waals surface area contributed by atoms with Crippen molar-refractivity contribution in [2.45, 2.75) is 32.4 Å². The third-order valence-electron chi connectivity index (χ3n) is 3.36. The van der Waals surface area contributed by atoms with Crippen LogP contribution in [-0.2, 0) is 13.2 Å². The highest BCUT2D eigenvalue weighted by atomic mass is 16.3. The molecule has 1 aliphatic rings. The van der Waals surface area contributed by atoms with E-state index >= 15 is 0 Å². The molecule has 18 heavy (non-hydrogen) atoms. The van der Waals surface area contributed by atoms with E-state index in [0.29, 0.717) is 6.42 Å². The molecular formula is C15H20N2O. The highest BCUT2D eigenvalue weighted by Gasteiger charge is 2.24. The van der Waals surface area contributed by atoms with Gasteiger partial charge in [-0.25, -0.2) is 0 Å². The lowest BCUT2D eigenvalue weighted by Gasteiger charge is -2.21. The smallest absolute Gasteiger partial charge is 0.0681 e. The van der Waals surface area contributed by atoms with Gasteiger partial charge in [-0.2, -0.15) is 5.26 Å². The Kier molecular flexibility index (Phi) is 4.74. The van der Waals surface area contributed by atoms with E-state index < -0.39 is 0 Å². The molecule has 3 nitrogen and oxygen atoms in total. The summed E-state index contributed by atoms with van der Waals surface area (Å²) in [5.74, 6) is 0.848. The number of aliphatic hydroxyl groups excluding tert-OH is 1. The van der Waals surface area contributed by atoms with Crippen molar-refractivity contribution in [1.29, 1.82) is 5.26 Å². The average Bonchev–Trinajstić information content (AvgIpc) is 3.21. The summed E-state index contributed by atoms with van der Waals surface area (Å²) < 4.78 is 0. The van der Waals surface area contributed by atoms with Crippen molar-refractivity contribution in [3.05, 3.63) is 35.4 Å². The van der Waals surface area contributed by atoms with Crippen LogP contribution >= 0.6 is 0 Å². The molecule has 96 valence electrons. The lowest BCUT2D eigenvalue weighted by molar-refractivity contribution is 0.260. The minimum Gasteiger partial charge on any atom is -0.392 e. The number of rotatable bonds is 7. The van der Waals surface area contributed by atoms with Crippen molar-refractivity contribution < 1.29 is 5.11 Å². The van der Waals surface area contributed by atoms with Gasteiger partial charge in [0.1, 0.15) is 0 Å². The van der Waals surface area contributed by atoms with E-state index in [0.717, 1.165) is 31.1 Å². The molecule has 0 spiro atoms. The van der Waals surface area contributed by atoms with Gasteiger partial charge in [-0.15, -0.1) is 0 Å². The van der Waals surface area contributed by atoms with Gasteiger partial charge in [0.25, 0.3) is 0 Å². The summed E-state index contributed by atoms with van der Waals surface area (Å²) >= 11 is 0. The monoisotopic (exact) mass is 244 g/mol. The van der Waals surface area contributed by atoms with Crippen LogP contribution in [0.5, 0.6) is 0 Å². The molecule has 1 aromatic rings. The van der Waals surface area contributed by atoms with Crippen LogP contribution in [0.1, 0.15) is 30.4 Å². The van der Waals surface area contributed by atoms with Crippen LogP contribution in [0.15, 0.2) is 24.3 Å². The van der Waals surface area contributed by atoms with Crippen molar-refractivity contribution in [2.24, 2.45) is 5.92 Å². The Morgan fingerprint density at radius 1 is 1.22 bits per heavy atom. The number of hydrogen-bond donors (Lipinski definition) is 1. The van der Waals surface area contributed by atoms with E-state index in [2.05, 4.69) is 23.1 Å². The summed E-state index contributed by atoms with van der Waals surface area (Å²) in [6.07, 6.45) is 3.28. The molecule has 0 atom stereocenters. The zero-order valence-corrected chi connectivity index (χ0v) is 10.7. The van der Waals surface area contributed by atoms with Gasteiger partial charge in [0.05, 0.1) is 12.7 Å². The summed E-state index contributed by atoms with van der Waals surface area (Å²) in [4.78, 5) is 2.37. The topological polar surface area (TPSA) is 47.3 Å².